The van der Waals surface area contributed by atoms with E-state index in [1.807, 2.05) is 30.3 Å². The maximum Gasteiger partial charge on any atom is 0.200 e. The van der Waals surface area contributed by atoms with Crippen molar-refractivity contribution < 1.29 is 32.7 Å². The second-order valence-corrected chi connectivity index (χ2v) is 2.94. The number of para-hydroxylation sites is 1. The zero-order chi connectivity index (χ0) is 10.5. The first-order valence-electron chi connectivity index (χ1n) is 4.60. The molecule has 0 spiro atoms. The van der Waals surface area contributed by atoms with E-state index in [2.05, 4.69) is 26.3 Å². The molecule has 1 radical (unpaired) electrons. The van der Waals surface area contributed by atoms with Crippen molar-refractivity contribution in [3.8, 4) is 0 Å². The quantitative estimate of drug-likeness (QED) is 0.822. The molecule has 0 atom stereocenters. The molecule has 1 aromatic carbocycles. The smallest absolute Gasteiger partial charge is 0.200 e. The number of benzene rings is 1. The minimum Gasteiger partial charge on any atom is -0.409 e. The van der Waals surface area contributed by atoms with E-state index >= 15 is 0 Å². The molecule has 1 heterocycles. The Morgan fingerprint density at radius 2 is 2.06 bits per heavy atom. The van der Waals surface area contributed by atoms with Gasteiger partial charge in [0, 0.05) is 45.4 Å². The molecule has 0 aliphatic heterocycles. The van der Waals surface area contributed by atoms with E-state index in [1.54, 1.807) is 13.2 Å². The van der Waals surface area contributed by atoms with E-state index < -0.39 is 0 Å². The van der Waals surface area contributed by atoms with Crippen molar-refractivity contribution in [1.82, 2.24) is 9.97 Å². The van der Waals surface area contributed by atoms with Crippen LogP contribution in [-0.2, 0) is 32.7 Å². The minimum absolute atomic E-state index is 0. The fourth-order valence-electron chi connectivity index (χ4n) is 1.18. The van der Waals surface area contributed by atoms with Crippen molar-refractivity contribution in [1.29, 1.82) is 0 Å². The van der Waals surface area contributed by atoms with Crippen LogP contribution in [0, 0.1) is 6.07 Å². The Morgan fingerprint density at radius 3 is 2.75 bits per heavy atom. The zero-order valence-electron chi connectivity index (χ0n) is 8.94. The summed E-state index contributed by atoms with van der Waals surface area (Å²) in [6.45, 7) is 0. The molecule has 0 bridgehead atoms. The second-order valence-electron chi connectivity index (χ2n) is 2.94. The first-order valence-corrected chi connectivity index (χ1v) is 4.60. The fourth-order valence-corrected chi connectivity index (χ4v) is 1.18. The van der Waals surface area contributed by atoms with Gasteiger partial charge in [0.15, 0.2) is 0 Å². The molecule has 0 saturated heterocycles. The van der Waals surface area contributed by atoms with Crippen molar-refractivity contribution in [3.05, 3.63) is 48.1 Å². The van der Waals surface area contributed by atoms with E-state index in [0.717, 1.165) is 5.69 Å². The fraction of sp³-hybridized carbons (Fsp3) is 0.0909. The predicted molar refractivity (Wildman–Crippen MR) is 58.6 cm³/mol. The molecule has 0 aliphatic carbocycles. The second kappa shape index (κ2) is 6.56. The van der Waals surface area contributed by atoms with Crippen molar-refractivity contribution in [2.24, 2.45) is 4.99 Å². The van der Waals surface area contributed by atoms with Crippen LogP contribution in [0.15, 0.2) is 41.5 Å². The molecular weight excluding hydrogens is 277 g/mol. The molecule has 0 aliphatic rings. The van der Waals surface area contributed by atoms with Crippen LogP contribution < -0.4 is 10.8 Å². The van der Waals surface area contributed by atoms with Crippen molar-refractivity contribution in [2.45, 2.75) is 0 Å². The first-order chi connectivity index (χ1) is 7.38. The SMILES string of the molecule is CN=c1[c-]cnc(Nc2ccccc2)[nH]1.[Y]. The number of nitrogens with one attached hydrogen (secondary N) is 2. The number of rotatable bonds is 2. The third-order valence-corrected chi connectivity index (χ3v) is 1.89. The molecule has 79 valence electrons. The Morgan fingerprint density at radius 1 is 1.31 bits per heavy atom. The van der Waals surface area contributed by atoms with Crippen LogP contribution in [0.5, 0.6) is 0 Å². The Bertz CT molecular complexity index is 493. The molecule has 4 nitrogen and oxygen atoms in total. The molecule has 2 rings (SSSR count). The first kappa shape index (κ1) is 13.1. The number of nitrogens with zero attached hydrogens (tertiary/aromatic N) is 2. The number of aromatic amines is 1. The zero-order valence-corrected chi connectivity index (χ0v) is 11.8. The number of aromatic nitrogens is 2. The normalized spacial score (nSPS) is 10.7. The van der Waals surface area contributed by atoms with E-state index in [0.29, 0.717) is 11.4 Å². The van der Waals surface area contributed by atoms with E-state index in [9.17, 15) is 0 Å². The van der Waals surface area contributed by atoms with Gasteiger partial charge in [-0.15, -0.1) is 6.20 Å². The van der Waals surface area contributed by atoms with Crippen LogP contribution in [0.2, 0.25) is 0 Å². The molecule has 0 saturated carbocycles. The summed E-state index contributed by atoms with van der Waals surface area (Å²) in [4.78, 5) is 11.1. The summed E-state index contributed by atoms with van der Waals surface area (Å²) < 4.78 is 0. The molecule has 2 aromatic rings. The van der Waals surface area contributed by atoms with Gasteiger partial charge in [-0.1, -0.05) is 23.7 Å². The summed E-state index contributed by atoms with van der Waals surface area (Å²) in [5.74, 6) is 0.653. The Kier molecular flexibility index (Phi) is 5.36. The van der Waals surface area contributed by atoms with Gasteiger partial charge in [-0.2, -0.15) is 0 Å². The van der Waals surface area contributed by atoms with Crippen molar-refractivity contribution in [3.63, 3.8) is 0 Å². The van der Waals surface area contributed by atoms with E-state index in [-0.39, 0.29) is 32.7 Å². The van der Waals surface area contributed by atoms with Crippen LogP contribution >= 0.6 is 0 Å². The number of hydrogen-bond donors (Lipinski definition) is 2. The van der Waals surface area contributed by atoms with Gasteiger partial charge in [-0.25, -0.2) is 0 Å². The maximum absolute atomic E-state index is 4.10. The molecular formula is C11H11N4Y-. The molecule has 0 unspecified atom stereocenters. The van der Waals surface area contributed by atoms with Crippen LogP contribution in [-0.4, -0.2) is 17.0 Å². The van der Waals surface area contributed by atoms with Gasteiger partial charge >= 0.3 is 0 Å². The number of anilines is 2. The Hall–Kier alpha value is -0.996. The Balaban J connectivity index is 0.00000128. The largest absolute Gasteiger partial charge is 0.409 e. The molecule has 0 amide bonds. The molecule has 1 aromatic heterocycles. The van der Waals surface area contributed by atoms with E-state index in [4.69, 9.17) is 0 Å². The van der Waals surface area contributed by atoms with Crippen molar-refractivity contribution >= 4 is 11.6 Å². The monoisotopic (exact) mass is 288 g/mol. The molecule has 0 fully saturated rings. The maximum atomic E-state index is 4.10. The predicted octanol–water partition coefficient (Wildman–Crippen LogP) is 1.48. The van der Waals surface area contributed by atoms with Gasteiger partial charge in [0.1, 0.15) is 0 Å². The minimum atomic E-state index is 0. The van der Waals surface area contributed by atoms with Crippen LogP contribution in [0.25, 0.3) is 0 Å². The topological polar surface area (TPSA) is 53.1 Å². The summed E-state index contributed by atoms with van der Waals surface area (Å²) in [7, 11) is 1.70. The third kappa shape index (κ3) is 3.54. The molecule has 16 heavy (non-hydrogen) atoms. The van der Waals surface area contributed by atoms with Gasteiger partial charge in [-0.05, 0) is 12.1 Å². The van der Waals surface area contributed by atoms with Gasteiger partial charge in [0.2, 0.25) is 5.95 Å². The van der Waals surface area contributed by atoms with Gasteiger partial charge in [-0.3, -0.25) is 4.98 Å². The third-order valence-electron chi connectivity index (χ3n) is 1.89. The summed E-state index contributed by atoms with van der Waals surface area (Å²) in [6.07, 6.45) is 1.59. The average molecular weight is 288 g/mol. The van der Waals surface area contributed by atoms with Gasteiger partial charge < -0.3 is 21.4 Å². The van der Waals surface area contributed by atoms with Crippen LogP contribution in [0.3, 0.4) is 0 Å². The van der Waals surface area contributed by atoms with Gasteiger partial charge in [0.25, 0.3) is 0 Å². The Labute approximate surface area is 119 Å². The summed E-state index contributed by atoms with van der Waals surface area (Å²) >= 11 is 0. The summed E-state index contributed by atoms with van der Waals surface area (Å²) in [5, 5.41) is 3.13. The average Bonchev–Trinajstić information content (AvgIpc) is 2.31. The van der Waals surface area contributed by atoms with Crippen LogP contribution in [0.4, 0.5) is 11.6 Å². The molecule has 2 N–H and O–H groups in total. The summed E-state index contributed by atoms with van der Waals surface area (Å²) in [6, 6.07) is 12.7. The standard InChI is InChI=1S/C11H11N4.Y/c1-12-10-7-8-13-11(15-10)14-9-5-3-2-4-6-9;/h2-6,8H,1H3,(H2,12,13,14,15);/q-1;. The van der Waals surface area contributed by atoms with Gasteiger partial charge in [0.05, 0.1) is 0 Å². The van der Waals surface area contributed by atoms with E-state index in [1.165, 1.54) is 0 Å². The number of hydrogen-bond acceptors (Lipinski definition) is 3. The summed E-state index contributed by atoms with van der Waals surface area (Å²) in [5.41, 5.74) is 1.65. The van der Waals surface area contributed by atoms with Crippen molar-refractivity contribution in [2.75, 3.05) is 12.4 Å². The number of H-pyrrole nitrogens is 1. The van der Waals surface area contributed by atoms with Crippen LogP contribution in [0.1, 0.15) is 0 Å². The molecule has 5 heteroatoms.